The molecule has 0 aromatic heterocycles. The SMILES string of the molecule is CCN1CCN(C(=O)CC(C)c2ccc(O)cc2)C(=O)C1C. The molecule has 0 spiro atoms. The molecule has 1 aliphatic heterocycles. The Bertz CT molecular complexity index is 541. The largest absolute Gasteiger partial charge is 0.508 e. The van der Waals surface area contributed by atoms with E-state index in [1.54, 1.807) is 12.1 Å². The van der Waals surface area contributed by atoms with Gasteiger partial charge in [-0.05, 0) is 37.1 Å². The summed E-state index contributed by atoms with van der Waals surface area (Å²) in [6.45, 7) is 7.86. The Balaban J connectivity index is 2.00. The molecule has 1 aliphatic rings. The van der Waals surface area contributed by atoms with Crippen molar-refractivity contribution in [2.75, 3.05) is 19.6 Å². The zero-order chi connectivity index (χ0) is 16.3. The zero-order valence-electron chi connectivity index (χ0n) is 13.5. The number of phenols is 1. The van der Waals surface area contributed by atoms with Crippen LogP contribution in [0.1, 0.15) is 38.7 Å². The van der Waals surface area contributed by atoms with E-state index in [-0.39, 0.29) is 29.5 Å². The van der Waals surface area contributed by atoms with E-state index in [0.717, 1.165) is 18.7 Å². The van der Waals surface area contributed by atoms with Crippen molar-refractivity contribution < 1.29 is 14.7 Å². The molecule has 120 valence electrons. The van der Waals surface area contributed by atoms with E-state index in [9.17, 15) is 14.7 Å². The van der Waals surface area contributed by atoms with Gasteiger partial charge in [-0.25, -0.2) is 0 Å². The van der Waals surface area contributed by atoms with Gasteiger partial charge in [0.1, 0.15) is 5.75 Å². The van der Waals surface area contributed by atoms with Crippen molar-refractivity contribution in [3.8, 4) is 5.75 Å². The third-order valence-corrected chi connectivity index (χ3v) is 4.43. The van der Waals surface area contributed by atoms with Crippen LogP contribution in [0, 0.1) is 0 Å². The number of amides is 2. The van der Waals surface area contributed by atoms with Gasteiger partial charge in [-0.1, -0.05) is 26.0 Å². The molecule has 1 heterocycles. The number of hydrogen-bond acceptors (Lipinski definition) is 4. The molecule has 1 aromatic rings. The molecule has 2 amide bonds. The van der Waals surface area contributed by atoms with Gasteiger partial charge in [0.25, 0.3) is 0 Å². The summed E-state index contributed by atoms with van der Waals surface area (Å²) >= 11 is 0. The lowest BCUT2D eigenvalue weighted by Gasteiger charge is -2.37. The fourth-order valence-electron chi connectivity index (χ4n) is 2.89. The predicted octanol–water partition coefficient (Wildman–Crippen LogP) is 1.96. The second-order valence-electron chi connectivity index (χ2n) is 5.88. The number of aromatic hydroxyl groups is 1. The molecule has 2 rings (SSSR count). The van der Waals surface area contributed by atoms with Crippen LogP contribution in [0.15, 0.2) is 24.3 Å². The molecule has 2 atom stereocenters. The van der Waals surface area contributed by atoms with Gasteiger partial charge >= 0.3 is 0 Å². The molecular weight excluding hydrogens is 280 g/mol. The monoisotopic (exact) mass is 304 g/mol. The Kier molecular flexibility index (Phi) is 5.19. The van der Waals surface area contributed by atoms with E-state index in [2.05, 4.69) is 4.90 Å². The maximum Gasteiger partial charge on any atom is 0.246 e. The molecular formula is C17H24N2O3. The summed E-state index contributed by atoms with van der Waals surface area (Å²) in [4.78, 5) is 28.2. The molecule has 1 aromatic carbocycles. The fourth-order valence-corrected chi connectivity index (χ4v) is 2.89. The van der Waals surface area contributed by atoms with E-state index < -0.39 is 0 Å². The van der Waals surface area contributed by atoms with Crippen LogP contribution in [0.2, 0.25) is 0 Å². The highest BCUT2D eigenvalue weighted by molar-refractivity contribution is 5.98. The number of phenolic OH excluding ortho intramolecular Hbond substituents is 1. The molecule has 2 unspecified atom stereocenters. The first-order valence-corrected chi connectivity index (χ1v) is 7.81. The molecule has 0 saturated carbocycles. The van der Waals surface area contributed by atoms with Gasteiger partial charge in [0.05, 0.1) is 6.04 Å². The standard InChI is InChI=1S/C17H24N2O3/c1-4-18-9-10-19(17(22)13(18)3)16(21)11-12(2)14-5-7-15(20)8-6-14/h5-8,12-13,20H,4,9-11H2,1-3H3. The number of carbonyl (C=O) groups excluding carboxylic acids is 2. The summed E-state index contributed by atoms with van der Waals surface area (Å²) in [6, 6.07) is 6.62. The van der Waals surface area contributed by atoms with Crippen molar-refractivity contribution in [2.24, 2.45) is 0 Å². The maximum absolute atomic E-state index is 12.4. The molecule has 1 N–H and O–H groups in total. The number of imide groups is 1. The lowest BCUT2D eigenvalue weighted by Crippen LogP contribution is -2.57. The van der Waals surface area contributed by atoms with Crippen LogP contribution in [0.25, 0.3) is 0 Å². The van der Waals surface area contributed by atoms with Crippen molar-refractivity contribution >= 4 is 11.8 Å². The molecule has 5 nitrogen and oxygen atoms in total. The van der Waals surface area contributed by atoms with Crippen molar-refractivity contribution in [3.63, 3.8) is 0 Å². The van der Waals surface area contributed by atoms with Crippen LogP contribution < -0.4 is 0 Å². The first kappa shape index (κ1) is 16.5. The number of piperazine rings is 1. The first-order valence-electron chi connectivity index (χ1n) is 7.81. The minimum Gasteiger partial charge on any atom is -0.508 e. The summed E-state index contributed by atoms with van der Waals surface area (Å²) in [5.41, 5.74) is 0.985. The predicted molar refractivity (Wildman–Crippen MR) is 84.6 cm³/mol. The van der Waals surface area contributed by atoms with Crippen LogP contribution in [0.5, 0.6) is 5.75 Å². The van der Waals surface area contributed by atoms with E-state index >= 15 is 0 Å². The summed E-state index contributed by atoms with van der Waals surface area (Å²) in [7, 11) is 0. The minimum atomic E-state index is -0.230. The van der Waals surface area contributed by atoms with Crippen LogP contribution in [0.4, 0.5) is 0 Å². The number of nitrogens with zero attached hydrogens (tertiary/aromatic N) is 2. The number of hydrogen-bond donors (Lipinski definition) is 1. The molecule has 1 saturated heterocycles. The highest BCUT2D eigenvalue weighted by atomic mass is 16.3. The summed E-state index contributed by atoms with van der Waals surface area (Å²) < 4.78 is 0. The normalized spacial score (nSPS) is 21.0. The van der Waals surface area contributed by atoms with Gasteiger partial charge < -0.3 is 5.11 Å². The Labute approximate surface area is 131 Å². The first-order chi connectivity index (χ1) is 10.4. The van der Waals surface area contributed by atoms with E-state index in [1.165, 1.54) is 4.90 Å². The van der Waals surface area contributed by atoms with Crippen LogP contribution in [-0.2, 0) is 9.59 Å². The van der Waals surface area contributed by atoms with Gasteiger partial charge in [0, 0.05) is 19.5 Å². The average molecular weight is 304 g/mol. The van der Waals surface area contributed by atoms with Crippen molar-refractivity contribution in [1.82, 2.24) is 9.80 Å². The number of rotatable bonds is 4. The Morgan fingerprint density at radius 3 is 2.55 bits per heavy atom. The van der Waals surface area contributed by atoms with Crippen molar-refractivity contribution in [3.05, 3.63) is 29.8 Å². The van der Waals surface area contributed by atoms with Gasteiger partial charge in [-0.2, -0.15) is 0 Å². The van der Waals surface area contributed by atoms with Gasteiger partial charge in [0.2, 0.25) is 11.8 Å². The smallest absolute Gasteiger partial charge is 0.246 e. The second-order valence-corrected chi connectivity index (χ2v) is 5.88. The van der Waals surface area contributed by atoms with Crippen LogP contribution in [-0.4, -0.2) is 52.4 Å². The van der Waals surface area contributed by atoms with E-state index in [1.807, 2.05) is 32.9 Å². The number of carbonyl (C=O) groups is 2. The van der Waals surface area contributed by atoms with E-state index in [0.29, 0.717) is 13.0 Å². The summed E-state index contributed by atoms with van der Waals surface area (Å²) in [5, 5.41) is 9.31. The molecule has 0 aliphatic carbocycles. The summed E-state index contributed by atoms with van der Waals surface area (Å²) in [6.07, 6.45) is 0.301. The number of likely N-dealkylation sites (N-methyl/N-ethyl adjacent to an activating group) is 1. The lowest BCUT2D eigenvalue weighted by atomic mass is 9.96. The molecule has 5 heteroatoms. The third-order valence-electron chi connectivity index (χ3n) is 4.43. The van der Waals surface area contributed by atoms with E-state index in [4.69, 9.17) is 0 Å². The molecule has 0 radical (unpaired) electrons. The van der Waals surface area contributed by atoms with Gasteiger partial charge in [-0.15, -0.1) is 0 Å². The van der Waals surface area contributed by atoms with Crippen LogP contribution >= 0.6 is 0 Å². The quantitative estimate of drug-likeness (QED) is 0.924. The third kappa shape index (κ3) is 3.47. The molecule has 1 fully saturated rings. The Morgan fingerprint density at radius 2 is 1.95 bits per heavy atom. The highest BCUT2D eigenvalue weighted by Crippen LogP contribution is 2.23. The lowest BCUT2D eigenvalue weighted by molar-refractivity contribution is -0.152. The summed E-state index contributed by atoms with van der Waals surface area (Å²) in [5.74, 6) is 0.00608. The maximum atomic E-state index is 12.4. The molecule has 0 bridgehead atoms. The van der Waals surface area contributed by atoms with Crippen LogP contribution in [0.3, 0.4) is 0 Å². The fraction of sp³-hybridized carbons (Fsp3) is 0.529. The second kappa shape index (κ2) is 6.92. The van der Waals surface area contributed by atoms with Gasteiger partial charge in [0.15, 0.2) is 0 Å². The minimum absolute atomic E-state index is 0.0143. The Hall–Kier alpha value is -1.88. The van der Waals surface area contributed by atoms with Crippen molar-refractivity contribution in [2.45, 2.75) is 39.2 Å². The highest BCUT2D eigenvalue weighted by Gasteiger charge is 2.34. The topological polar surface area (TPSA) is 60.9 Å². The van der Waals surface area contributed by atoms with Crippen molar-refractivity contribution in [1.29, 1.82) is 0 Å². The van der Waals surface area contributed by atoms with Gasteiger partial charge in [-0.3, -0.25) is 19.4 Å². The number of benzene rings is 1. The Morgan fingerprint density at radius 1 is 1.32 bits per heavy atom. The molecule has 22 heavy (non-hydrogen) atoms. The average Bonchev–Trinajstić information content (AvgIpc) is 2.50. The zero-order valence-corrected chi connectivity index (χ0v) is 13.5.